The Bertz CT molecular complexity index is 796. The Morgan fingerprint density at radius 1 is 1.23 bits per heavy atom. The molecule has 1 atom stereocenters. The number of aromatic nitrogens is 2. The van der Waals surface area contributed by atoms with E-state index in [2.05, 4.69) is 15.5 Å². The first-order valence-corrected chi connectivity index (χ1v) is 7.02. The summed E-state index contributed by atoms with van der Waals surface area (Å²) in [5.74, 6) is -0.200. The van der Waals surface area contributed by atoms with E-state index in [1.54, 1.807) is 0 Å². The molecular formula is C17H17N3O2. The van der Waals surface area contributed by atoms with Crippen LogP contribution in [0.3, 0.4) is 0 Å². The van der Waals surface area contributed by atoms with Crippen molar-refractivity contribution in [2.75, 3.05) is 12.4 Å². The molecule has 112 valence electrons. The maximum atomic E-state index is 12.4. The smallest absolute Gasteiger partial charge is 0.258 e. The minimum absolute atomic E-state index is 0.200. The minimum atomic E-state index is -0.637. The number of anilines is 1. The number of amides is 1. The number of aryl methyl sites for hydroxylation is 1. The number of methoxy groups -OCH3 is 1. The van der Waals surface area contributed by atoms with Gasteiger partial charge in [0.25, 0.3) is 5.91 Å². The summed E-state index contributed by atoms with van der Waals surface area (Å²) in [6.45, 7) is 1.95. The fraction of sp³-hybridized carbons (Fsp3) is 0.176. The summed E-state index contributed by atoms with van der Waals surface area (Å²) in [5.41, 5.74) is 3.39. The van der Waals surface area contributed by atoms with Crippen molar-refractivity contribution in [3.05, 3.63) is 59.8 Å². The van der Waals surface area contributed by atoms with E-state index in [-0.39, 0.29) is 5.91 Å². The van der Waals surface area contributed by atoms with E-state index in [0.29, 0.717) is 0 Å². The minimum Gasteiger partial charge on any atom is -0.367 e. The van der Waals surface area contributed by atoms with Crippen LogP contribution < -0.4 is 5.32 Å². The number of H-pyrrole nitrogens is 1. The van der Waals surface area contributed by atoms with Crippen LogP contribution in [0.15, 0.2) is 48.5 Å². The summed E-state index contributed by atoms with van der Waals surface area (Å²) in [6.07, 6.45) is -0.637. The van der Waals surface area contributed by atoms with Gasteiger partial charge in [-0.25, -0.2) is 0 Å². The average molecular weight is 295 g/mol. The number of carbonyl (C=O) groups is 1. The summed E-state index contributed by atoms with van der Waals surface area (Å²) < 4.78 is 5.34. The molecule has 0 bridgehead atoms. The lowest BCUT2D eigenvalue weighted by atomic mass is 10.1. The van der Waals surface area contributed by atoms with E-state index in [4.69, 9.17) is 4.74 Å². The molecule has 3 rings (SSSR count). The van der Waals surface area contributed by atoms with Crippen molar-refractivity contribution in [2.45, 2.75) is 13.0 Å². The van der Waals surface area contributed by atoms with Crippen LogP contribution in [-0.2, 0) is 9.53 Å². The Kier molecular flexibility index (Phi) is 3.89. The molecule has 0 unspecified atom stereocenters. The lowest BCUT2D eigenvalue weighted by molar-refractivity contribution is -0.126. The highest BCUT2D eigenvalue weighted by Gasteiger charge is 2.20. The van der Waals surface area contributed by atoms with Crippen LogP contribution in [0.2, 0.25) is 0 Å². The van der Waals surface area contributed by atoms with Crippen LogP contribution in [0.1, 0.15) is 17.4 Å². The Balaban J connectivity index is 1.83. The predicted molar refractivity (Wildman–Crippen MR) is 85.7 cm³/mol. The third-order valence-corrected chi connectivity index (χ3v) is 3.59. The first-order valence-electron chi connectivity index (χ1n) is 7.02. The molecule has 0 fully saturated rings. The molecule has 1 aromatic heterocycles. The third kappa shape index (κ3) is 2.71. The molecule has 5 nitrogen and oxygen atoms in total. The standard InChI is InChI=1S/C17H17N3O2/c1-11-14-10-13(8-9-15(14)20-19-11)18-17(21)16(22-2)12-6-4-3-5-7-12/h3-10,16H,1-2H3,(H,18,21)(H,19,20)/t16-/m1/s1. The van der Waals surface area contributed by atoms with Gasteiger partial charge in [0.2, 0.25) is 0 Å². The molecule has 2 aromatic carbocycles. The van der Waals surface area contributed by atoms with Crippen LogP contribution in [-0.4, -0.2) is 23.2 Å². The monoisotopic (exact) mass is 295 g/mol. The Labute approximate surface area is 128 Å². The van der Waals surface area contributed by atoms with Crippen LogP contribution >= 0.6 is 0 Å². The second-order valence-electron chi connectivity index (χ2n) is 5.10. The second-order valence-corrected chi connectivity index (χ2v) is 5.10. The van der Waals surface area contributed by atoms with Crippen molar-refractivity contribution in [3.63, 3.8) is 0 Å². The molecular weight excluding hydrogens is 278 g/mol. The number of ether oxygens (including phenoxy) is 1. The van der Waals surface area contributed by atoms with E-state index in [9.17, 15) is 4.79 Å². The number of aromatic amines is 1. The molecule has 1 amide bonds. The predicted octanol–water partition coefficient (Wildman–Crippen LogP) is 3.20. The lowest BCUT2D eigenvalue weighted by Crippen LogP contribution is -2.22. The molecule has 2 N–H and O–H groups in total. The number of hydrogen-bond donors (Lipinski definition) is 2. The summed E-state index contributed by atoms with van der Waals surface area (Å²) >= 11 is 0. The zero-order valence-electron chi connectivity index (χ0n) is 12.5. The van der Waals surface area contributed by atoms with Gasteiger partial charge in [0.15, 0.2) is 6.10 Å². The maximum absolute atomic E-state index is 12.4. The van der Waals surface area contributed by atoms with E-state index in [1.807, 2.05) is 55.5 Å². The summed E-state index contributed by atoms with van der Waals surface area (Å²) in [5, 5.41) is 11.0. The number of rotatable bonds is 4. The normalized spacial score (nSPS) is 12.3. The van der Waals surface area contributed by atoms with Crippen molar-refractivity contribution in [2.24, 2.45) is 0 Å². The fourth-order valence-electron chi connectivity index (χ4n) is 2.45. The topological polar surface area (TPSA) is 67.0 Å². The van der Waals surface area contributed by atoms with Crippen molar-refractivity contribution in [3.8, 4) is 0 Å². The molecule has 5 heteroatoms. The van der Waals surface area contributed by atoms with Crippen LogP contribution in [0, 0.1) is 6.92 Å². The largest absolute Gasteiger partial charge is 0.367 e. The fourth-order valence-corrected chi connectivity index (χ4v) is 2.45. The summed E-state index contributed by atoms with van der Waals surface area (Å²) in [7, 11) is 1.53. The van der Waals surface area contributed by atoms with Gasteiger partial charge in [-0.3, -0.25) is 9.89 Å². The summed E-state index contributed by atoms with van der Waals surface area (Å²) in [6, 6.07) is 15.0. The van der Waals surface area contributed by atoms with Gasteiger partial charge in [0, 0.05) is 23.9 Å². The second kappa shape index (κ2) is 5.99. The van der Waals surface area contributed by atoms with Gasteiger partial charge >= 0.3 is 0 Å². The first-order chi connectivity index (χ1) is 10.7. The molecule has 0 spiro atoms. The van der Waals surface area contributed by atoms with E-state index >= 15 is 0 Å². The third-order valence-electron chi connectivity index (χ3n) is 3.59. The van der Waals surface area contributed by atoms with Gasteiger partial charge in [-0.2, -0.15) is 5.10 Å². The molecule has 0 radical (unpaired) electrons. The first kappa shape index (κ1) is 14.3. The molecule has 22 heavy (non-hydrogen) atoms. The molecule has 0 aliphatic rings. The number of hydrogen-bond acceptors (Lipinski definition) is 3. The highest BCUT2D eigenvalue weighted by molar-refractivity contribution is 5.97. The van der Waals surface area contributed by atoms with Crippen LogP contribution in [0.25, 0.3) is 10.9 Å². The molecule has 0 saturated heterocycles. The molecule has 0 aliphatic carbocycles. The zero-order valence-corrected chi connectivity index (χ0v) is 12.5. The van der Waals surface area contributed by atoms with Gasteiger partial charge in [-0.15, -0.1) is 0 Å². The van der Waals surface area contributed by atoms with Crippen molar-refractivity contribution < 1.29 is 9.53 Å². The van der Waals surface area contributed by atoms with Gasteiger partial charge in [-0.05, 0) is 30.7 Å². The Hall–Kier alpha value is -2.66. The van der Waals surface area contributed by atoms with Crippen molar-refractivity contribution in [1.82, 2.24) is 10.2 Å². The molecule has 1 heterocycles. The van der Waals surface area contributed by atoms with E-state index < -0.39 is 6.10 Å². The number of fused-ring (bicyclic) bond motifs is 1. The van der Waals surface area contributed by atoms with Gasteiger partial charge < -0.3 is 10.1 Å². The van der Waals surface area contributed by atoms with Gasteiger partial charge in [0.1, 0.15) is 0 Å². The number of benzene rings is 2. The number of carbonyl (C=O) groups excluding carboxylic acids is 1. The van der Waals surface area contributed by atoms with Gasteiger partial charge in [0.05, 0.1) is 5.52 Å². The lowest BCUT2D eigenvalue weighted by Gasteiger charge is -2.15. The van der Waals surface area contributed by atoms with E-state index in [0.717, 1.165) is 27.8 Å². The molecule has 0 saturated carbocycles. The van der Waals surface area contributed by atoms with Crippen LogP contribution in [0.4, 0.5) is 5.69 Å². The number of nitrogens with zero attached hydrogens (tertiary/aromatic N) is 1. The van der Waals surface area contributed by atoms with Gasteiger partial charge in [-0.1, -0.05) is 30.3 Å². The highest BCUT2D eigenvalue weighted by atomic mass is 16.5. The Morgan fingerprint density at radius 2 is 2.00 bits per heavy atom. The summed E-state index contributed by atoms with van der Waals surface area (Å²) in [4.78, 5) is 12.4. The Morgan fingerprint density at radius 3 is 2.73 bits per heavy atom. The van der Waals surface area contributed by atoms with Crippen molar-refractivity contribution >= 4 is 22.5 Å². The maximum Gasteiger partial charge on any atom is 0.258 e. The highest BCUT2D eigenvalue weighted by Crippen LogP contribution is 2.22. The zero-order chi connectivity index (χ0) is 15.5. The van der Waals surface area contributed by atoms with Crippen LogP contribution in [0.5, 0.6) is 0 Å². The van der Waals surface area contributed by atoms with Crippen molar-refractivity contribution in [1.29, 1.82) is 0 Å². The SMILES string of the molecule is CO[C@@H](C(=O)Nc1ccc2n[nH]c(C)c2c1)c1ccccc1. The molecule has 3 aromatic rings. The average Bonchev–Trinajstić information content (AvgIpc) is 2.90. The quantitative estimate of drug-likeness (QED) is 0.776. The molecule has 0 aliphatic heterocycles. The van der Waals surface area contributed by atoms with E-state index in [1.165, 1.54) is 7.11 Å². The number of nitrogens with one attached hydrogen (secondary N) is 2.